The summed E-state index contributed by atoms with van der Waals surface area (Å²) in [5.41, 5.74) is 8.30. The van der Waals surface area contributed by atoms with Gasteiger partial charge in [-0.2, -0.15) is 0 Å². The van der Waals surface area contributed by atoms with Crippen LogP contribution >= 0.6 is 11.6 Å². The lowest BCUT2D eigenvalue weighted by Gasteiger charge is -2.32. The van der Waals surface area contributed by atoms with Crippen LogP contribution in [-0.4, -0.2) is 40.7 Å². The van der Waals surface area contributed by atoms with Gasteiger partial charge in [0, 0.05) is 19.1 Å². The highest BCUT2D eigenvalue weighted by Crippen LogP contribution is 2.32. The van der Waals surface area contributed by atoms with Gasteiger partial charge < -0.3 is 15.2 Å². The van der Waals surface area contributed by atoms with Gasteiger partial charge in [-0.1, -0.05) is 11.6 Å². The molecule has 0 bridgehead atoms. The summed E-state index contributed by atoms with van der Waals surface area (Å²) in [7, 11) is 0. The van der Waals surface area contributed by atoms with Crippen LogP contribution in [0.25, 0.3) is 11.0 Å². The molecule has 1 aromatic heterocycles. The number of nitroso groups, excluding NO2 is 1. The minimum Gasteiger partial charge on any atom is -0.397 e. The van der Waals surface area contributed by atoms with E-state index < -0.39 is 0 Å². The molecule has 0 spiro atoms. The average molecular weight is 323 g/mol. The number of rotatable bonds is 3. The van der Waals surface area contributed by atoms with E-state index in [4.69, 9.17) is 22.3 Å². The predicted molar refractivity (Wildman–Crippen MR) is 89.1 cm³/mol. The highest BCUT2D eigenvalue weighted by atomic mass is 35.5. The highest BCUT2D eigenvalue weighted by Gasteiger charge is 2.23. The Hall–Kier alpha value is -2.02. The van der Waals surface area contributed by atoms with Crippen molar-refractivity contribution < 1.29 is 0 Å². The summed E-state index contributed by atoms with van der Waals surface area (Å²) in [4.78, 5) is 17.5. The number of benzene rings is 1. The summed E-state index contributed by atoms with van der Waals surface area (Å²) in [6.07, 6.45) is 0. The zero-order chi connectivity index (χ0) is 15.9. The highest BCUT2D eigenvalue weighted by molar-refractivity contribution is 6.33. The van der Waals surface area contributed by atoms with Gasteiger partial charge in [0.25, 0.3) is 0 Å². The normalized spacial score (nSPS) is 15.8. The largest absolute Gasteiger partial charge is 0.397 e. The molecule has 1 saturated heterocycles. The lowest BCUT2D eigenvalue weighted by atomic mass is 10.2. The van der Waals surface area contributed by atoms with E-state index >= 15 is 0 Å². The molecule has 2 N–H and O–H groups in total. The Kier molecular flexibility index (Phi) is 3.82. The first-order chi connectivity index (χ1) is 10.5. The molecule has 3 rings (SSSR count). The third-order valence-corrected chi connectivity index (χ3v) is 4.29. The molecular formula is C14H19ClN6O. The molecular weight excluding hydrogens is 304 g/mol. The second kappa shape index (κ2) is 5.64. The third-order valence-electron chi connectivity index (χ3n) is 3.96. The van der Waals surface area contributed by atoms with Crippen LogP contribution in [0.2, 0.25) is 5.02 Å². The lowest BCUT2D eigenvalue weighted by molar-refractivity contribution is 0.264. The van der Waals surface area contributed by atoms with E-state index in [-0.39, 0.29) is 6.04 Å². The number of nitrogens with zero attached hydrogens (tertiary/aromatic N) is 5. The molecule has 0 aliphatic carbocycles. The zero-order valence-corrected chi connectivity index (χ0v) is 13.4. The Bertz CT molecular complexity index is 705. The van der Waals surface area contributed by atoms with E-state index in [1.807, 2.05) is 6.07 Å². The van der Waals surface area contributed by atoms with E-state index in [9.17, 15) is 4.91 Å². The molecule has 1 aromatic carbocycles. The van der Waals surface area contributed by atoms with E-state index in [1.165, 1.54) is 5.01 Å². The van der Waals surface area contributed by atoms with Crippen molar-refractivity contribution >= 4 is 34.3 Å². The maximum absolute atomic E-state index is 10.6. The van der Waals surface area contributed by atoms with Crippen molar-refractivity contribution in [3.8, 4) is 0 Å². The van der Waals surface area contributed by atoms with Crippen molar-refractivity contribution in [2.45, 2.75) is 19.9 Å². The average Bonchev–Trinajstić information content (AvgIpc) is 2.86. The summed E-state index contributed by atoms with van der Waals surface area (Å²) in [6, 6.07) is 3.91. The van der Waals surface area contributed by atoms with E-state index in [0.717, 1.165) is 17.0 Å². The van der Waals surface area contributed by atoms with Crippen LogP contribution in [-0.2, 0) is 0 Å². The molecule has 2 aromatic rings. The fraction of sp³-hybridized carbons (Fsp3) is 0.500. The quantitative estimate of drug-likeness (QED) is 0.694. The smallest absolute Gasteiger partial charge is 0.206 e. The number of fused-ring (bicyclic) bond motifs is 1. The number of anilines is 2. The minimum atomic E-state index is 0.239. The summed E-state index contributed by atoms with van der Waals surface area (Å²) in [5, 5.41) is 5.05. The Morgan fingerprint density at radius 1 is 1.27 bits per heavy atom. The molecule has 0 radical (unpaired) electrons. The van der Waals surface area contributed by atoms with Crippen molar-refractivity contribution in [2.75, 3.05) is 36.8 Å². The van der Waals surface area contributed by atoms with Gasteiger partial charge in [-0.05, 0) is 26.0 Å². The number of halogens is 1. The van der Waals surface area contributed by atoms with Crippen LogP contribution in [0.1, 0.15) is 19.9 Å². The topological polar surface area (TPSA) is 79.8 Å². The number of hydrogen-bond donors (Lipinski definition) is 1. The van der Waals surface area contributed by atoms with E-state index in [1.54, 1.807) is 6.07 Å². The van der Waals surface area contributed by atoms with Crippen LogP contribution in [0.5, 0.6) is 0 Å². The molecule has 7 nitrogen and oxygen atoms in total. The van der Waals surface area contributed by atoms with Crippen LogP contribution in [0.15, 0.2) is 17.4 Å². The molecule has 0 amide bonds. The first-order valence-corrected chi connectivity index (χ1v) is 7.69. The van der Waals surface area contributed by atoms with E-state index in [0.29, 0.717) is 36.9 Å². The number of nitrogens with two attached hydrogens (primary N) is 1. The predicted octanol–water partition coefficient (Wildman–Crippen LogP) is 2.66. The summed E-state index contributed by atoms with van der Waals surface area (Å²) in [5.74, 6) is 0.886. The molecule has 8 heteroatoms. The van der Waals surface area contributed by atoms with Gasteiger partial charge in [0.05, 0.1) is 40.1 Å². The fourth-order valence-electron chi connectivity index (χ4n) is 2.83. The van der Waals surface area contributed by atoms with Crippen molar-refractivity contribution in [3.05, 3.63) is 22.1 Å². The maximum atomic E-state index is 10.6. The minimum absolute atomic E-state index is 0.239. The third kappa shape index (κ3) is 2.45. The summed E-state index contributed by atoms with van der Waals surface area (Å²) >= 11 is 6.11. The van der Waals surface area contributed by atoms with Gasteiger partial charge in [0.15, 0.2) is 0 Å². The Morgan fingerprint density at radius 2 is 1.95 bits per heavy atom. The Labute approximate surface area is 133 Å². The number of hydrogen-bond acceptors (Lipinski definition) is 5. The second-order valence-corrected chi connectivity index (χ2v) is 6.17. The number of aromatic nitrogens is 2. The van der Waals surface area contributed by atoms with Gasteiger partial charge in [-0.25, -0.2) is 4.98 Å². The first-order valence-electron chi connectivity index (χ1n) is 7.31. The summed E-state index contributed by atoms with van der Waals surface area (Å²) in [6.45, 7) is 6.86. The standard InChI is InChI=1S/C14H19ClN6O/c1-9(2)21-13-8-11(16)10(15)7-12(13)17-14(21)19-3-5-20(18-22)6-4-19/h7-9H,3-6,16H2,1-2H3. The van der Waals surface area contributed by atoms with Crippen LogP contribution in [0.4, 0.5) is 11.6 Å². The molecule has 0 atom stereocenters. The molecule has 22 heavy (non-hydrogen) atoms. The molecule has 1 aliphatic rings. The van der Waals surface area contributed by atoms with Crippen molar-refractivity contribution in [2.24, 2.45) is 5.29 Å². The zero-order valence-electron chi connectivity index (χ0n) is 12.7. The second-order valence-electron chi connectivity index (χ2n) is 5.76. The number of nitrogen functional groups attached to an aromatic ring is 1. The molecule has 0 saturated carbocycles. The van der Waals surface area contributed by atoms with Crippen molar-refractivity contribution in [1.82, 2.24) is 14.6 Å². The maximum Gasteiger partial charge on any atom is 0.206 e. The van der Waals surface area contributed by atoms with Crippen LogP contribution in [0, 0.1) is 4.91 Å². The molecule has 1 fully saturated rings. The van der Waals surface area contributed by atoms with Gasteiger partial charge in [0.2, 0.25) is 5.95 Å². The van der Waals surface area contributed by atoms with Gasteiger partial charge >= 0.3 is 0 Å². The number of piperazine rings is 1. The summed E-state index contributed by atoms with van der Waals surface area (Å²) < 4.78 is 2.16. The Morgan fingerprint density at radius 3 is 2.55 bits per heavy atom. The molecule has 2 heterocycles. The van der Waals surface area contributed by atoms with Gasteiger partial charge in [-0.3, -0.25) is 5.01 Å². The molecule has 0 unspecified atom stereocenters. The fourth-order valence-corrected chi connectivity index (χ4v) is 2.99. The first kappa shape index (κ1) is 14.9. The molecule has 118 valence electrons. The number of imidazole rings is 1. The SMILES string of the molecule is CC(C)n1c(N2CCN(N=O)CC2)nc2cc(Cl)c(N)cc21. The van der Waals surface area contributed by atoms with Crippen molar-refractivity contribution in [3.63, 3.8) is 0 Å². The van der Waals surface area contributed by atoms with Crippen LogP contribution < -0.4 is 10.6 Å². The van der Waals surface area contributed by atoms with E-state index in [2.05, 4.69) is 28.6 Å². The van der Waals surface area contributed by atoms with Gasteiger partial charge in [0.1, 0.15) is 0 Å². The lowest BCUT2D eigenvalue weighted by Crippen LogP contribution is -2.45. The monoisotopic (exact) mass is 322 g/mol. The molecule has 1 aliphatic heterocycles. The Balaban J connectivity index is 2.05. The van der Waals surface area contributed by atoms with Crippen LogP contribution in [0.3, 0.4) is 0 Å². The van der Waals surface area contributed by atoms with Gasteiger partial charge in [-0.15, -0.1) is 4.91 Å². The van der Waals surface area contributed by atoms with Crippen molar-refractivity contribution in [1.29, 1.82) is 0 Å².